The first-order valence-electron chi connectivity index (χ1n) is 11.2. The second-order valence-electron chi connectivity index (χ2n) is 8.10. The van der Waals surface area contributed by atoms with Gasteiger partial charge in [-0.25, -0.2) is 6.07 Å². The molecule has 0 aliphatic heterocycles. The van der Waals surface area contributed by atoms with Gasteiger partial charge in [-0.05, 0) is 6.42 Å². The summed E-state index contributed by atoms with van der Waals surface area (Å²) < 4.78 is 1.80. The molecule has 0 spiro atoms. The zero-order valence-corrected chi connectivity index (χ0v) is 22.7. The molecule has 0 unspecified atom stereocenters. The average molecular weight is 551 g/mol. The van der Waals surface area contributed by atoms with Crippen molar-refractivity contribution in [3.63, 3.8) is 0 Å². The molecule has 0 radical (unpaired) electrons. The van der Waals surface area contributed by atoms with E-state index >= 15 is 0 Å². The van der Waals surface area contributed by atoms with E-state index in [0.29, 0.717) is 0 Å². The molecule has 4 aromatic carbocycles. The fraction of sp³-hybridized carbons (Fsp3) is 0.200. The maximum atomic E-state index is 3.30. The Hall–Kier alpha value is -1.66. The van der Waals surface area contributed by atoms with Gasteiger partial charge >= 0.3 is 59.5 Å². The van der Waals surface area contributed by atoms with Crippen molar-refractivity contribution in [3.8, 4) is 22.3 Å². The Morgan fingerprint density at radius 1 is 0.697 bits per heavy atom. The third kappa shape index (κ3) is 7.96. The van der Waals surface area contributed by atoms with Crippen molar-refractivity contribution in [1.29, 1.82) is 0 Å². The Balaban J connectivity index is 0.000000177. The van der Waals surface area contributed by atoms with Crippen LogP contribution in [0.15, 0.2) is 97.1 Å². The molecule has 0 atom stereocenters. The standard InChI is InChI=1S/C13H9.C11H9.C6H10.2ClH.Zr/c1-3-7-12-10(5-1)9-11-6-2-4-8-13(11)12;1-2-6-10(7-3-1)11-8-4-5-9-11;1-2-4-6-5-3-1;;;/h1-5,7-8H,9H2;1-9H;1-5H2;2*1H;/q2*-1;;;;+2/p-2. The summed E-state index contributed by atoms with van der Waals surface area (Å²) in [6.45, 7) is 0. The van der Waals surface area contributed by atoms with Crippen molar-refractivity contribution in [2.45, 2.75) is 38.5 Å². The summed E-state index contributed by atoms with van der Waals surface area (Å²) in [7, 11) is 0. The fourth-order valence-electron chi connectivity index (χ4n) is 4.17. The van der Waals surface area contributed by atoms with Gasteiger partial charge in [0.1, 0.15) is 0 Å². The van der Waals surface area contributed by atoms with E-state index in [9.17, 15) is 0 Å². The largest absolute Gasteiger partial charge is 0.206 e. The zero-order valence-electron chi connectivity index (χ0n) is 18.7. The minimum atomic E-state index is 0. The molecule has 0 aromatic heterocycles. The van der Waals surface area contributed by atoms with E-state index in [-0.39, 0.29) is 24.8 Å². The van der Waals surface area contributed by atoms with Gasteiger partial charge in [0, 0.05) is 0 Å². The maximum Gasteiger partial charge on any atom is -0.0253 e. The molecule has 0 bridgehead atoms. The molecule has 4 aromatic rings. The zero-order chi connectivity index (χ0) is 21.3. The van der Waals surface area contributed by atoms with Gasteiger partial charge in [-0.2, -0.15) is 53.6 Å². The summed E-state index contributed by atoms with van der Waals surface area (Å²) >= 11 is 1.69. The predicted octanol–water partition coefficient (Wildman–Crippen LogP) is 1.81. The molecule has 3 heteroatoms. The molecule has 2 aliphatic rings. The second-order valence-corrected chi connectivity index (χ2v) is 9.84. The minimum absolute atomic E-state index is 0. The minimum Gasteiger partial charge on any atom is -0.206 e. The number of fused-ring (bicyclic) bond motifs is 3. The Kier molecular flexibility index (Phi) is 12.2. The van der Waals surface area contributed by atoms with Crippen LogP contribution in [-0.4, -0.2) is 3.21 Å². The molecule has 6 rings (SSSR count). The van der Waals surface area contributed by atoms with Crippen LogP contribution in [0.4, 0.5) is 0 Å². The summed E-state index contributed by atoms with van der Waals surface area (Å²) in [5.41, 5.74) is 8.10. The molecular formula is C30H28Cl2Zr-2. The van der Waals surface area contributed by atoms with Gasteiger partial charge in [0.25, 0.3) is 0 Å². The number of rotatable bonds is 1. The molecule has 0 heterocycles. The van der Waals surface area contributed by atoms with Gasteiger partial charge < -0.3 is 24.8 Å². The second kappa shape index (κ2) is 14.6. The van der Waals surface area contributed by atoms with Crippen LogP contribution in [0.3, 0.4) is 0 Å². The van der Waals surface area contributed by atoms with E-state index in [4.69, 9.17) is 0 Å². The van der Waals surface area contributed by atoms with E-state index in [1.54, 1.807) is 27.4 Å². The van der Waals surface area contributed by atoms with Crippen molar-refractivity contribution in [2.24, 2.45) is 0 Å². The molecule has 1 saturated carbocycles. The molecular weight excluding hydrogens is 522 g/mol. The van der Waals surface area contributed by atoms with Crippen LogP contribution >= 0.6 is 0 Å². The van der Waals surface area contributed by atoms with Gasteiger partial charge in [0.05, 0.1) is 0 Å². The van der Waals surface area contributed by atoms with Crippen molar-refractivity contribution >= 4 is 3.21 Å². The third-order valence-corrected chi connectivity index (χ3v) is 7.07. The van der Waals surface area contributed by atoms with Gasteiger partial charge in [0.2, 0.25) is 0 Å². The summed E-state index contributed by atoms with van der Waals surface area (Å²) in [5, 5.41) is 0. The molecule has 1 fully saturated rings. The Morgan fingerprint density at radius 2 is 1.39 bits per heavy atom. The normalized spacial score (nSPS) is 13.0. The maximum absolute atomic E-state index is 3.30. The summed E-state index contributed by atoms with van der Waals surface area (Å²) in [6.07, 6.45) is 8.36. The van der Waals surface area contributed by atoms with Crippen molar-refractivity contribution < 1.29 is 49.0 Å². The van der Waals surface area contributed by atoms with E-state index < -0.39 is 0 Å². The van der Waals surface area contributed by atoms with Crippen LogP contribution in [0.2, 0.25) is 0 Å². The SMILES string of the molecule is [Cl-].[Cl-].[Zr+2]=[C]1CCCCC1.[c-]1cccc2c1Cc1ccccc1-2.c1ccc(-c2cc[cH-]c2)cc1. The van der Waals surface area contributed by atoms with Gasteiger partial charge in [-0.3, -0.25) is 0 Å². The van der Waals surface area contributed by atoms with Gasteiger partial charge in [-0.1, -0.05) is 71.3 Å². The van der Waals surface area contributed by atoms with E-state index in [0.717, 1.165) is 6.42 Å². The molecule has 33 heavy (non-hydrogen) atoms. The van der Waals surface area contributed by atoms with E-state index in [1.807, 2.05) is 12.1 Å². The predicted molar refractivity (Wildman–Crippen MR) is 129 cm³/mol. The Bertz CT molecular complexity index is 1050. The van der Waals surface area contributed by atoms with Crippen molar-refractivity contribution in [3.05, 3.63) is 114 Å². The van der Waals surface area contributed by atoms with Crippen LogP contribution in [-0.2, 0) is 30.7 Å². The summed E-state index contributed by atoms with van der Waals surface area (Å²) in [5.74, 6) is 0. The van der Waals surface area contributed by atoms with Gasteiger partial charge in [-0.15, -0.1) is 5.56 Å². The molecule has 0 amide bonds. The van der Waals surface area contributed by atoms with Crippen LogP contribution in [0, 0.1) is 6.07 Å². The van der Waals surface area contributed by atoms with Crippen molar-refractivity contribution in [2.75, 3.05) is 0 Å². The monoisotopic (exact) mass is 548 g/mol. The fourth-order valence-corrected chi connectivity index (χ4v) is 5.04. The number of benzene rings is 3. The van der Waals surface area contributed by atoms with Crippen molar-refractivity contribution in [1.82, 2.24) is 0 Å². The van der Waals surface area contributed by atoms with Crippen LogP contribution in [0.1, 0.15) is 43.2 Å². The first kappa shape index (κ1) is 27.6. The number of hydrogen-bond acceptors (Lipinski definition) is 0. The van der Waals surface area contributed by atoms with E-state index in [2.05, 4.69) is 91.0 Å². The topological polar surface area (TPSA) is 0 Å². The molecule has 2 aliphatic carbocycles. The average Bonchev–Trinajstić information content (AvgIpc) is 3.49. The van der Waals surface area contributed by atoms with Crippen LogP contribution in [0.25, 0.3) is 22.3 Å². The first-order chi connectivity index (χ1) is 15.3. The van der Waals surface area contributed by atoms with E-state index in [1.165, 1.54) is 65.5 Å². The molecule has 0 saturated heterocycles. The quantitative estimate of drug-likeness (QED) is 0.280. The molecule has 0 N–H and O–H groups in total. The molecule has 168 valence electrons. The third-order valence-electron chi connectivity index (χ3n) is 5.84. The van der Waals surface area contributed by atoms with Crippen LogP contribution in [0.5, 0.6) is 0 Å². The van der Waals surface area contributed by atoms with Crippen LogP contribution < -0.4 is 24.8 Å². The summed E-state index contributed by atoms with van der Waals surface area (Å²) in [4.78, 5) is 0. The van der Waals surface area contributed by atoms with Gasteiger partial charge in [0.15, 0.2) is 0 Å². The Morgan fingerprint density at radius 3 is 2.06 bits per heavy atom. The number of hydrogen-bond donors (Lipinski definition) is 0. The summed E-state index contributed by atoms with van der Waals surface area (Å²) in [6, 6.07) is 36.9. The molecule has 0 nitrogen and oxygen atoms in total. The number of halogens is 2. The Labute approximate surface area is 226 Å². The first-order valence-corrected chi connectivity index (χ1v) is 12.5. The smallest absolute Gasteiger partial charge is 0.0253 e.